The molecule has 0 spiro atoms. The van der Waals surface area contributed by atoms with Gasteiger partial charge in [-0.2, -0.15) is 18.3 Å². The number of hydrogen-bond acceptors (Lipinski definition) is 6. The fraction of sp³-hybridized carbons (Fsp3) is 0.0769. The SMILES string of the molecule is NC(=O)c1sc2nc(C(F)(F)F)cc(-c3ccccc3)c2c1NC(=O)c1ccn(COc2ccc(F)c(Cl)c2)n1. The summed E-state index contributed by atoms with van der Waals surface area (Å²) in [5, 5.41) is 6.70. The quantitative estimate of drug-likeness (QED) is 0.215. The van der Waals surface area contributed by atoms with Gasteiger partial charge >= 0.3 is 6.18 Å². The van der Waals surface area contributed by atoms with Crippen LogP contribution in [0.3, 0.4) is 0 Å². The minimum absolute atomic E-state index is 0.0793. The fourth-order valence-corrected chi connectivity index (χ4v) is 5.00. The van der Waals surface area contributed by atoms with E-state index in [1.807, 2.05) is 0 Å². The van der Waals surface area contributed by atoms with Crippen LogP contribution in [0.25, 0.3) is 21.3 Å². The smallest absolute Gasteiger partial charge is 0.433 e. The molecule has 5 aromatic rings. The van der Waals surface area contributed by atoms with Gasteiger partial charge in [-0.3, -0.25) is 9.59 Å². The number of aromatic nitrogens is 3. The average Bonchev–Trinajstić information content (AvgIpc) is 3.54. The zero-order valence-electron chi connectivity index (χ0n) is 20.0. The van der Waals surface area contributed by atoms with E-state index in [9.17, 15) is 27.2 Å². The van der Waals surface area contributed by atoms with Crippen LogP contribution in [-0.2, 0) is 12.9 Å². The molecule has 3 aromatic heterocycles. The lowest BCUT2D eigenvalue weighted by molar-refractivity contribution is -0.140. The van der Waals surface area contributed by atoms with Crippen LogP contribution in [0.5, 0.6) is 5.75 Å². The summed E-state index contributed by atoms with van der Waals surface area (Å²) >= 11 is 6.38. The third-order valence-electron chi connectivity index (χ3n) is 5.63. The predicted molar refractivity (Wildman–Crippen MR) is 141 cm³/mol. The summed E-state index contributed by atoms with van der Waals surface area (Å²) in [4.78, 5) is 28.8. The molecule has 0 bridgehead atoms. The number of pyridine rings is 1. The van der Waals surface area contributed by atoms with E-state index in [0.717, 1.165) is 12.1 Å². The molecule has 14 heteroatoms. The number of carbonyl (C=O) groups excluding carboxylic acids is 2. The number of thiophene rings is 1. The number of primary amides is 1. The molecule has 2 aromatic carbocycles. The predicted octanol–water partition coefficient (Wildman–Crippen LogP) is 6.36. The summed E-state index contributed by atoms with van der Waals surface area (Å²) in [5.74, 6) is -2.06. The highest BCUT2D eigenvalue weighted by molar-refractivity contribution is 7.21. The van der Waals surface area contributed by atoms with Crippen LogP contribution in [0.1, 0.15) is 25.9 Å². The Kier molecular flexibility index (Phi) is 7.17. The van der Waals surface area contributed by atoms with Crippen molar-refractivity contribution in [3.63, 3.8) is 0 Å². The first-order valence-corrected chi connectivity index (χ1v) is 12.5. The van der Waals surface area contributed by atoms with Gasteiger partial charge in [-0.1, -0.05) is 41.9 Å². The standard InChI is InChI=1S/C26H16ClF4N5O3S/c27-16-10-14(6-7-17(16)28)39-12-36-9-8-18(35-36)24(38)34-21-20-15(13-4-2-1-3-5-13)11-19(26(29,30)31)33-25(20)40-22(21)23(32)37/h1-11H,12H2,(H2,32,37)(H,34,38). The number of nitrogens with two attached hydrogens (primary N) is 1. The minimum Gasteiger partial charge on any atom is -0.471 e. The van der Waals surface area contributed by atoms with E-state index in [2.05, 4.69) is 15.4 Å². The lowest BCUT2D eigenvalue weighted by Gasteiger charge is -2.12. The second-order valence-electron chi connectivity index (χ2n) is 8.31. The van der Waals surface area contributed by atoms with E-state index in [1.54, 1.807) is 30.3 Å². The van der Waals surface area contributed by atoms with Gasteiger partial charge in [0, 0.05) is 17.6 Å². The van der Waals surface area contributed by atoms with Gasteiger partial charge in [0.05, 0.1) is 10.7 Å². The normalized spacial score (nSPS) is 11.5. The number of hydrogen-bond donors (Lipinski definition) is 2. The zero-order valence-corrected chi connectivity index (χ0v) is 21.6. The second-order valence-corrected chi connectivity index (χ2v) is 9.72. The van der Waals surface area contributed by atoms with Gasteiger partial charge in [0.25, 0.3) is 11.8 Å². The van der Waals surface area contributed by atoms with Crippen LogP contribution in [0.4, 0.5) is 23.2 Å². The van der Waals surface area contributed by atoms with E-state index in [-0.39, 0.29) is 49.5 Å². The molecule has 0 saturated carbocycles. The molecule has 3 heterocycles. The number of nitrogens with one attached hydrogen (secondary N) is 1. The first-order valence-electron chi connectivity index (χ1n) is 11.3. The third-order valence-corrected chi connectivity index (χ3v) is 7.02. The average molecular weight is 590 g/mol. The Hall–Kier alpha value is -4.49. The number of carbonyl (C=O) groups is 2. The number of nitrogens with zero attached hydrogens (tertiary/aromatic N) is 3. The molecular formula is C26H16ClF4N5O3S. The first kappa shape index (κ1) is 27.1. The Labute approximate surface area is 232 Å². The molecule has 0 aliphatic rings. The highest BCUT2D eigenvalue weighted by Gasteiger charge is 2.35. The van der Waals surface area contributed by atoms with Crippen LogP contribution in [-0.4, -0.2) is 26.6 Å². The van der Waals surface area contributed by atoms with Crippen LogP contribution in [0.2, 0.25) is 5.02 Å². The van der Waals surface area contributed by atoms with Gasteiger partial charge in [-0.15, -0.1) is 11.3 Å². The molecule has 8 nitrogen and oxygen atoms in total. The lowest BCUT2D eigenvalue weighted by Crippen LogP contribution is -2.18. The van der Waals surface area contributed by atoms with Crippen LogP contribution < -0.4 is 15.8 Å². The van der Waals surface area contributed by atoms with Crippen LogP contribution in [0.15, 0.2) is 66.9 Å². The van der Waals surface area contributed by atoms with E-state index in [0.29, 0.717) is 16.9 Å². The topological polar surface area (TPSA) is 112 Å². The molecule has 0 radical (unpaired) electrons. The second kappa shape index (κ2) is 10.6. The van der Waals surface area contributed by atoms with Gasteiger partial charge in [0.2, 0.25) is 0 Å². The number of alkyl halides is 3. The van der Waals surface area contributed by atoms with Gasteiger partial charge in [-0.25, -0.2) is 14.1 Å². The van der Waals surface area contributed by atoms with Crippen molar-refractivity contribution in [1.29, 1.82) is 0 Å². The summed E-state index contributed by atoms with van der Waals surface area (Å²) < 4.78 is 61.1. The highest BCUT2D eigenvalue weighted by Crippen LogP contribution is 2.43. The molecule has 3 N–H and O–H groups in total. The summed E-state index contributed by atoms with van der Waals surface area (Å²) in [5.41, 5.74) is 4.72. The number of amides is 2. The Bertz CT molecular complexity index is 1750. The van der Waals surface area contributed by atoms with Gasteiger partial charge in [0.1, 0.15) is 27.0 Å². The van der Waals surface area contributed by atoms with E-state index >= 15 is 0 Å². The number of anilines is 1. The molecule has 5 rings (SSSR count). The van der Waals surface area contributed by atoms with Crippen LogP contribution in [0, 0.1) is 5.82 Å². The van der Waals surface area contributed by atoms with Gasteiger partial charge < -0.3 is 15.8 Å². The van der Waals surface area contributed by atoms with E-state index in [1.165, 1.54) is 29.1 Å². The third kappa shape index (κ3) is 5.46. The Morgan fingerprint density at radius 3 is 2.52 bits per heavy atom. The molecule has 0 aliphatic heterocycles. The first-order chi connectivity index (χ1) is 19.0. The molecule has 0 fully saturated rings. The Morgan fingerprint density at radius 1 is 1.10 bits per heavy atom. The van der Waals surface area contributed by atoms with E-state index in [4.69, 9.17) is 22.1 Å². The van der Waals surface area contributed by atoms with Crippen molar-refractivity contribution in [2.75, 3.05) is 5.32 Å². The molecular weight excluding hydrogens is 574 g/mol. The number of halogens is 5. The fourth-order valence-electron chi connectivity index (χ4n) is 3.82. The number of rotatable bonds is 7. The molecule has 204 valence electrons. The molecule has 40 heavy (non-hydrogen) atoms. The maximum absolute atomic E-state index is 13.7. The minimum atomic E-state index is -4.76. The summed E-state index contributed by atoms with van der Waals surface area (Å²) in [6.07, 6.45) is -3.32. The van der Waals surface area contributed by atoms with Crippen molar-refractivity contribution in [1.82, 2.24) is 14.8 Å². The van der Waals surface area contributed by atoms with Crippen molar-refractivity contribution in [3.8, 4) is 16.9 Å². The molecule has 2 amide bonds. The van der Waals surface area contributed by atoms with E-state index < -0.39 is 29.5 Å². The molecule has 0 aliphatic carbocycles. The van der Waals surface area contributed by atoms with Gasteiger partial charge in [-0.05, 0) is 35.4 Å². The van der Waals surface area contributed by atoms with Crippen molar-refractivity contribution >= 4 is 50.7 Å². The Morgan fingerprint density at radius 2 is 1.85 bits per heavy atom. The van der Waals surface area contributed by atoms with Crippen molar-refractivity contribution in [2.45, 2.75) is 12.9 Å². The van der Waals surface area contributed by atoms with Crippen molar-refractivity contribution in [3.05, 3.63) is 94.0 Å². The zero-order chi connectivity index (χ0) is 28.6. The maximum Gasteiger partial charge on any atom is 0.433 e. The van der Waals surface area contributed by atoms with Crippen molar-refractivity contribution in [2.24, 2.45) is 5.73 Å². The number of benzene rings is 2. The monoisotopic (exact) mass is 589 g/mol. The Balaban J connectivity index is 1.49. The number of ether oxygens (including phenoxy) is 1. The molecule has 0 atom stereocenters. The summed E-state index contributed by atoms with van der Waals surface area (Å²) in [7, 11) is 0. The maximum atomic E-state index is 13.7. The van der Waals surface area contributed by atoms with Crippen LogP contribution >= 0.6 is 22.9 Å². The molecule has 0 saturated heterocycles. The van der Waals surface area contributed by atoms with Gasteiger partial charge in [0.15, 0.2) is 12.4 Å². The molecule has 0 unspecified atom stereocenters. The largest absolute Gasteiger partial charge is 0.471 e. The number of fused-ring (bicyclic) bond motifs is 1. The summed E-state index contributed by atoms with van der Waals surface area (Å²) in [6.45, 7) is -0.147. The van der Waals surface area contributed by atoms with Crippen molar-refractivity contribution < 1.29 is 31.9 Å². The summed E-state index contributed by atoms with van der Waals surface area (Å²) in [6, 6.07) is 14.2. The highest BCUT2D eigenvalue weighted by atomic mass is 35.5. The lowest BCUT2D eigenvalue weighted by atomic mass is 10.0.